The summed E-state index contributed by atoms with van der Waals surface area (Å²) in [4.78, 5) is 20.2. The summed E-state index contributed by atoms with van der Waals surface area (Å²) in [5, 5.41) is 14.3. The first-order valence-electron chi connectivity index (χ1n) is 3.40. The van der Waals surface area contributed by atoms with Gasteiger partial charge < -0.3 is 15.2 Å². The maximum atomic E-state index is 11.0. The predicted molar refractivity (Wildman–Crippen MR) is 52.8 cm³/mol. The number of halogens is 2. The van der Waals surface area contributed by atoms with Crippen LogP contribution in [-0.2, 0) is 4.79 Å². The first-order chi connectivity index (χ1) is 6.52. The second-order valence-electron chi connectivity index (χ2n) is 2.24. The molecule has 0 saturated heterocycles. The normalized spacial score (nSPS) is 10.2. The van der Waals surface area contributed by atoms with Crippen LogP contribution in [0.1, 0.15) is 9.67 Å². The zero-order chi connectivity index (χ0) is 10.7. The summed E-state index contributed by atoms with van der Waals surface area (Å²) in [7, 11) is 0. The van der Waals surface area contributed by atoms with Gasteiger partial charge in [-0.05, 0) is 11.4 Å². The highest BCUT2D eigenvalue weighted by Crippen LogP contribution is 2.22. The Kier molecular flexibility index (Phi) is 3.74. The monoisotopic (exact) mass is 252 g/mol. The van der Waals surface area contributed by atoms with Crippen molar-refractivity contribution in [3.05, 3.63) is 16.3 Å². The van der Waals surface area contributed by atoms with Crippen LogP contribution in [0, 0.1) is 0 Å². The zero-order valence-corrected chi connectivity index (χ0v) is 8.95. The van der Waals surface area contributed by atoms with Crippen molar-refractivity contribution in [2.24, 2.45) is 0 Å². The highest BCUT2D eigenvalue weighted by atomic mass is 35.5. The molecular weight excluding hydrogens is 249 g/mol. The number of hydrogen-bond acceptors (Lipinski definition) is 4. The van der Waals surface area contributed by atoms with E-state index in [-0.39, 0.29) is 10.6 Å². The van der Waals surface area contributed by atoms with Crippen LogP contribution in [0.4, 0.5) is 5.69 Å². The Bertz CT molecular complexity index is 364. The van der Waals surface area contributed by atoms with Gasteiger partial charge in [0.05, 0.1) is 16.5 Å². The molecule has 1 aromatic heterocycles. The van der Waals surface area contributed by atoms with Gasteiger partial charge in [0.25, 0.3) is 5.91 Å². The van der Waals surface area contributed by atoms with Gasteiger partial charge in [-0.1, -0.05) is 23.2 Å². The molecule has 0 spiro atoms. The highest BCUT2D eigenvalue weighted by molar-refractivity contribution is 7.12. The van der Waals surface area contributed by atoms with E-state index in [0.717, 1.165) is 11.3 Å². The van der Waals surface area contributed by atoms with E-state index in [1.165, 1.54) is 11.4 Å². The Morgan fingerprint density at radius 1 is 1.50 bits per heavy atom. The number of carbonyl (C=O) groups excluding carboxylic acids is 2. The Labute approximate surface area is 93.4 Å². The van der Waals surface area contributed by atoms with Gasteiger partial charge in [-0.2, -0.15) is 0 Å². The van der Waals surface area contributed by atoms with Crippen LogP contribution in [0.25, 0.3) is 0 Å². The quantitative estimate of drug-likeness (QED) is 0.812. The molecule has 0 atom stereocenters. The first kappa shape index (κ1) is 11.3. The third-order valence-electron chi connectivity index (χ3n) is 1.31. The molecule has 0 aliphatic rings. The van der Waals surface area contributed by atoms with Gasteiger partial charge in [-0.3, -0.25) is 4.79 Å². The summed E-state index contributed by atoms with van der Waals surface area (Å²) >= 11 is 11.5. The van der Waals surface area contributed by atoms with Crippen molar-refractivity contribution in [1.82, 2.24) is 0 Å². The molecule has 76 valence electrons. The summed E-state index contributed by atoms with van der Waals surface area (Å²) in [5.41, 5.74) is 0.145. The van der Waals surface area contributed by atoms with Crippen LogP contribution >= 0.6 is 34.5 Å². The summed E-state index contributed by atoms with van der Waals surface area (Å²) in [6, 6.07) is 1.43. The Balaban J connectivity index is 2.82. The number of carboxylic acid groups (broad SMARTS) is 1. The van der Waals surface area contributed by atoms with E-state index in [9.17, 15) is 14.7 Å². The van der Waals surface area contributed by atoms with Crippen molar-refractivity contribution in [2.45, 2.75) is 4.84 Å². The van der Waals surface area contributed by atoms with E-state index in [4.69, 9.17) is 23.2 Å². The number of nitrogens with one attached hydrogen (secondary N) is 1. The Hall–Kier alpha value is -0.780. The lowest BCUT2D eigenvalue weighted by atomic mass is 10.4. The van der Waals surface area contributed by atoms with E-state index < -0.39 is 16.7 Å². The summed E-state index contributed by atoms with van der Waals surface area (Å²) in [5.74, 6) is -2.02. The number of aromatic carboxylic acids is 1. The SMILES string of the molecule is O=C([O-])c1sccc1NC(=O)C(Cl)Cl. The number of carboxylic acids is 1. The zero-order valence-electron chi connectivity index (χ0n) is 6.62. The predicted octanol–water partition coefficient (Wildman–Crippen LogP) is 0.854. The second kappa shape index (κ2) is 4.63. The van der Waals surface area contributed by atoms with Crippen LogP contribution in [-0.4, -0.2) is 16.7 Å². The van der Waals surface area contributed by atoms with Gasteiger partial charge >= 0.3 is 0 Å². The maximum absolute atomic E-state index is 11.0. The number of amides is 1. The molecule has 1 heterocycles. The molecule has 0 bridgehead atoms. The minimum Gasteiger partial charge on any atom is -0.544 e. The average Bonchev–Trinajstić information content (AvgIpc) is 2.52. The fourth-order valence-electron chi connectivity index (χ4n) is 0.753. The van der Waals surface area contributed by atoms with Crippen molar-refractivity contribution in [1.29, 1.82) is 0 Å². The molecule has 7 heteroatoms. The minimum atomic E-state index is -1.35. The molecule has 0 unspecified atom stereocenters. The molecule has 0 fully saturated rings. The van der Waals surface area contributed by atoms with Crippen LogP contribution in [0.2, 0.25) is 0 Å². The molecule has 14 heavy (non-hydrogen) atoms. The van der Waals surface area contributed by atoms with Crippen molar-refractivity contribution in [3.63, 3.8) is 0 Å². The van der Waals surface area contributed by atoms with Gasteiger partial charge in [-0.15, -0.1) is 11.3 Å². The smallest absolute Gasteiger partial charge is 0.257 e. The van der Waals surface area contributed by atoms with Gasteiger partial charge in [-0.25, -0.2) is 0 Å². The number of anilines is 1. The standard InChI is InChI=1S/C7H5Cl2NO3S/c8-5(9)6(11)10-3-1-2-14-4(3)7(12)13/h1-2,5H,(H,10,11)(H,12,13)/p-1. The van der Waals surface area contributed by atoms with Gasteiger partial charge in [0.2, 0.25) is 0 Å². The van der Waals surface area contributed by atoms with E-state index >= 15 is 0 Å². The summed E-state index contributed by atoms with van der Waals surface area (Å²) in [6.45, 7) is 0. The van der Waals surface area contributed by atoms with Gasteiger partial charge in [0, 0.05) is 0 Å². The van der Waals surface area contributed by atoms with Gasteiger partial charge in [0.15, 0.2) is 4.84 Å². The lowest BCUT2D eigenvalue weighted by Crippen LogP contribution is -2.24. The third kappa shape index (κ3) is 2.60. The summed E-state index contributed by atoms with van der Waals surface area (Å²) in [6.07, 6.45) is 0. The number of hydrogen-bond donors (Lipinski definition) is 1. The van der Waals surface area contributed by atoms with Crippen molar-refractivity contribution in [3.8, 4) is 0 Å². The molecular formula is C7H4Cl2NO3S-. The lowest BCUT2D eigenvalue weighted by molar-refractivity contribution is -0.254. The molecule has 0 aromatic carbocycles. The van der Waals surface area contributed by atoms with Crippen LogP contribution in [0.5, 0.6) is 0 Å². The second-order valence-corrected chi connectivity index (χ2v) is 4.25. The lowest BCUT2D eigenvalue weighted by Gasteiger charge is -2.06. The highest BCUT2D eigenvalue weighted by Gasteiger charge is 2.14. The van der Waals surface area contributed by atoms with Crippen molar-refractivity contribution < 1.29 is 14.7 Å². The van der Waals surface area contributed by atoms with Crippen LogP contribution in [0.15, 0.2) is 11.4 Å². The Morgan fingerprint density at radius 2 is 2.14 bits per heavy atom. The van der Waals surface area contributed by atoms with E-state index in [0.29, 0.717) is 0 Å². The molecule has 0 radical (unpaired) electrons. The van der Waals surface area contributed by atoms with Gasteiger partial charge in [0.1, 0.15) is 0 Å². The van der Waals surface area contributed by atoms with Crippen molar-refractivity contribution in [2.75, 3.05) is 5.32 Å². The fourth-order valence-corrected chi connectivity index (χ4v) is 1.54. The fraction of sp³-hybridized carbons (Fsp3) is 0.143. The largest absolute Gasteiger partial charge is 0.544 e. The number of alkyl halides is 2. The third-order valence-corrected chi connectivity index (χ3v) is 2.60. The minimum absolute atomic E-state index is 0.0627. The molecule has 1 rings (SSSR count). The van der Waals surface area contributed by atoms with Crippen LogP contribution in [0.3, 0.4) is 0 Å². The van der Waals surface area contributed by atoms with E-state index in [2.05, 4.69) is 5.32 Å². The molecule has 1 N–H and O–H groups in total. The van der Waals surface area contributed by atoms with E-state index in [1.54, 1.807) is 0 Å². The number of rotatable bonds is 3. The molecule has 1 aromatic rings. The van der Waals surface area contributed by atoms with Crippen LogP contribution < -0.4 is 10.4 Å². The van der Waals surface area contributed by atoms with Crippen molar-refractivity contribution >= 4 is 52.1 Å². The first-order valence-corrected chi connectivity index (χ1v) is 5.15. The Morgan fingerprint density at radius 3 is 2.64 bits per heavy atom. The maximum Gasteiger partial charge on any atom is 0.257 e. The summed E-state index contributed by atoms with van der Waals surface area (Å²) < 4.78 is 0. The molecule has 0 aliphatic heterocycles. The molecule has 0 saturated carbocycles. The number of thiophene rings is 1. The molecule has 1 amide bonds. The molecule has 4 nitrogen and oxygen atoms in total. The topological polar surface area (TPSA) is 69.2 Å². The molecule has 0 aliphatic carbocycles. The average molecular weight is 253 g/mol. The van der Waals surface area contributed by atoms with E-state index in [1.807, 2.05) is 0 Å². The number of carbonyl (C=O) groups is 2.